The standard InChI is InChI=1S/C12H12F2O2/c13-11-9(5-6-10(16)12(11)14)7-1-3-8(15)4-2-7/h5-7,16H,1-4H2. The van der Waals surface area contributed by atoms with Gasteiger partial charge in [0, 0.05) is 12.8 Å². The molecule has 2 nitrogen and oxygen atoms in total. The molecule has 1 aromatic carbocycles. The van der Waals surface area contributed by atoms with Crippen LogP contribution < -0.4 is 0 Å². The number of benzene rings is 1. The minimum Gasteiger partial charge on any atom is -0.505 e. The summed E-state index contributed by atoms with van der Waals surface area (Å²) < 4.78 is 26.7. The minimum absolute atomic E-state index is 0.118. The number of phenolic OH excluding ortho intramolecular Hbond substituents is 1. The molecule has 1 aliphatic carbocycles. The Balaban J connectivity index is 2.27. The number of aromatic hydroxyl groups is 1. The highest BCUT2D eigenvalue weighted by molar-refractivity contribution is 5.79. The van der Waals surface area contributed by atoms with Crippen molar-refractivity contribution < 1.29 is 18.7 Å². The van der Waals surface area contributed by atoms with Crippen molar-refractivity contribution in [2.75, 3.05) is 0 Å². The summed E-state index contributed by atoms with van der Waals surface area (Å²) in [6, 6.07) is 2.55. The molecule has 0 radical (unpaired) electrons. The Kier molecular flexibility index (Phi) is 2.90. The smallest absolute Gasteiger partial charge is 0.200 e. The van der Waals surface area contributed by atoms with E-state index < -0.39 is 17.4 Å². The van der Waals surface area contributed by atoms with E-state index in [0.29, 0.717) is 25.7 Å². The van der Waals surface area contributed by atoms with Crippen molar-refractivity contribution >= 4 is 5.78 Å². The highest BCUT2D eigenvalue weighted by Crippen LogP contribution is 2.35. The number of halogens is 2. The van der Waals surface area contributed by atoms with Crippen molar-refractivity contribution in [3.8, 4) is 5.75 Å². The summed E-state index contributed by atoms with van der Waals surface area (Å²) in [5.74, 6) is -2.80. The normalized spacial score (nSPS) is 17.8. The third-order valence-electron chi connectivity index (χ3n) is 3.07. The summed E-state index contributed by atoms with van der Waals surface area (Å²) in [5.41, 5.74) is 0.266. The first kappa shape index (κ1) is 11.0. The van der Waals surface area contributed by atoms with Crippen LogP contribution in [0.5, 0.6) is 5.75 Å². The number of hydrogen-bond donors (Lipinski definition) is 1. The van der Waals surface area contributed by atoms with Crippen molar-refractivity contribution in [1.29, 1.82) is 0 Å². The van der Waals surface area contributed by atoms with Gasteiger partial charge in [-0.3, -0.25) is 4.79 Å². The fourth-order valence-corrected chi connectivity index (χ4v) is 2.12. The van der Waals surface area contributed by atoms with Crippen LogP contribution in [0.1, 0.15) is 37.2 Å². The van der Waals surface area contributed by atoms with E-state index in [9.17, 15) is 13.6 Å². The van der Waals surface area contributed by atoms with Crippen LogP contribution >= 0.6 is 0 Å². The van der Waals surface area contributed by atoms with Crippen LogP contribution in [0.25, 0.3) is 0 Å². The van der Waals surface area contributed by atoms with E-state index in [1.54, 1.807) is 0 Å². The lowest BCUT2D eigenvalue weighted by Crippen LogP contribution is -2.14. The SMILES string of the molecule is O=C1CCC(c2ccc(O)c(F)c2F)CC1. The highest BCUT2D eigenvalue weighted by atomic mass is 19.2. The van der Waals surface area contributed by atoms with E-state index in [-0.39, 0.29) is 17.3 Å². The monoisotopic (exact) mass is 226 g/mol. The fourth-order valence-electron chi connectivity index (χ4n) is 2.12. The van der Waals surface area contributed by atoms with E-state index in [1.807, 2.05) is 0 Å². The Morgan fingerprint density at radius 2 is 1.75 bits per heavy atom. The van der Waals surface area contributed by atoms with Gasteiger partial charge in [-0.25, -0.2) is 4.39 Å². The maximum Gasteiger partial charge on any atom is 0.200 e. The molecule has 1 fully saturated rings. The van der Waals surface area contributed by atoms with Gasteiger partial charge in [0.05, 0.1) is 0 Å². The summed E-state index contributed by atoms with van der Waals surface area (Å²) in [5, 5.41) is 9.00. The summed E-state index contributed by atoms with van der Waals surface area (Å²) >= 11 is 0. The van der Waals surface area contributed by atoms with Crippen molar-refractivity contribution in [2.24, 2.45) is 0 Å². The van der Waals surface area contributed by atoms with Gasteiger partial charge >= 0.3 is 0 Å². The average molecular weight is 226 g/mol. The molecule has 0 atom stereocenters. The van der Waals surface area contributed by atoms with Crippen molar-refractivity contribution in [2.45, 2.75) is 31.6 Å². The van der Waals surface area contributed by atoms with Crippen LogP contribution in [0.4, 0.5) is 8.78 Å². The number of phenols is 1. The lowest BCUT2D eigenvalue weighted by Gasteiger charge is -2.21. The molecule has 1 N–H and O–H groups in total. The maximum atomic E-state index is 13.5. The molecule has 0 aromatic heterocycles. The first-order chi connectivity index (χ1) is 7.59. The molecule has 1 aromatic rings. The topological polar surface area (TPSA) is 37.3 Å². The molecule has 86 valence electrons. The van der Waals surface area contributed by atoms with Gasteiger partial charge in [0.1, 0.15) is 5.78 Å². The van der Waals surface area contributed by atoms with Crippen LogP contribution in [0, 0.1) is 11.6 Å². The van der Waals surface area contributed by atoms with Gasteiger partial charge < -0.3 is 5.11 Å². The molecule has 2 rings (SSSR count). The van der Waals surface area contributed by atoms with E-state index in [0.717, 1.165) is 6.07 Å². The van der Waals surface area contributed by atoms with E-state index in [1.165, 1.54) is 6.07 Å². The summed E-state index contributed by atoms with van der Waals surface area (Å²) in [7, 11) is 0. The number of rotatable bonds is 1. The second-order valence-corrected chi connectivity index (χ2v) is 4.11. The molecule has 0 saturated heterocycles. The first-order valence-electron chi connectivity index (χ1n) is 5.28. The number of hydrogen-bond acceptors (Lipinski definition) is 2. The molecule has 0 spiro atoms. The van der Waals surface area contributed by atoms with Crippen LogP contribution in [0.3, 0.4) is 0 Å². The zero-order valence-electron chi connectivity index (χ0n) is 8.67. The van der Waals surface area contributed by atoms with Gasteiger partial charge in [0.2, 0.25) is 5.82 Å². The van der Waals surface area contributed by atoms with Crippen LogP contribution in [-0.2, 0) is 4.79 Å². The Labute approximate surface area is 91.9 Å². The number of Topliss-reactive ketones (excluding diaryl/α,β-unsaturated/α-hetero) is 1. The second-order valence-electron chi connectivity index (χ2n) is 4.11. The molecule has 0 aliphatic heterocycles. The zero-order valence-corrected chi connectivity index (χ0v) is 8.67. The molecule has 4 heteroatoms. The third-order valence-corrected chi connectivity index (χ3v) is 3.07. The van der Waals surface area contributed by atoms with E-state index >= 15 is 0 Å². The molecule has 0 amide bonds. The molecular weight excluding hydrogens is 214 g/mol. The van der Waals surface area contributed by atoms with Gasteiger partial charge in [0.15, 0.2) is 11.6 Å². The molecule has 0 heterocycles. The summed E-state index contributed by atoms with van der Waals surface area (Å²) in [6.07, 6.45) is 1.96. The predicted octanol–water partition coefficient (Wildman–Crippen LogP) is 2.90. The lowest BCUT2D eigenvalue weighted by molar-refractivity contribution is -0.120. The van der Waals surface area contributed by atoms with Gasteiger partial charge in [-0.05, 0) is 30.4 Å². The number of carbonyl (C=O) groups excluding carboxylic acids is 1. The zero-order chi connectivity index (χ0) is 11.7. The first-order valence-corrected chi connectivity index (χ1v) is 5.28. The molecule has 0 unspecified atom stereocenters. The van der Waals surface area contributed by atoms with Crippen molar-refractivity contribution in [3.63, 3.8) is 0 Å². The van der Waals surface area contributed by atoms with Crippen LogP contribution in [-0.4, -0.2) is 10.9 Å². The number of ketones is 1. The average Bonchev–Trinajstić information content (AvgIpc) is 2.28. The largest absolute Gasteiger partial charge is 0.505 e. The quantitative estimate of drug-likeness (QED) is 0.799. The molecule has 16 heavy (non-hydrogen) atoms. The third kappa shape index (κ3) is 1.92. The van der Waals surface area contributed by atoms with E-state index in [2.05, 4.69) is 0 Å². The molecule has 1 saturated carbocycles. The predicted molar refractivity (Wildman–Crippen MR) is 54.2 cm³/mol. The summed E-state index contributed by atoms with van der Waals surface area (Å²) in [4.78, 5) is 11.0. The highest BCUT2D eigenvalue weighted by Gasteiger charge is 2.24. The molecule has 1 aliphatic rings. The maximum absolute atomic E-state index is 13.5. The van der Waals surface area contributed by atoms with E-state index in [4.69, 9.17) is 5.11 Å². The number of carbonyl (C=O) groups is 1. The van der Waals surface area contributed by atoms with Crippen LogP contribution in [0.15, 0.2) is 12.1 Å². The Morgan fingerprint density at radius 1 is 1.12 bits per heavy atom. The molecular formula is C12H12F2O2. The van der Waals surface area contributed by atoms with Crippen molar-refractivity contribution in [3.05, 3.63) is 29.3 Å². The fraction of sp³-hybridized carbons (Fsp3) is 0.417. The lowest BCUT2D eigenvalue weighted by atomic mass is 9.83. The van der Waals surface area contributed by atoms with Gasteiger partial charge in [-0.15, -0.1) is 0 Å². The Hall–Kier alpha value is -1.45. The minimum atomic E-state index is -1.20. The summed E-state index contributed by atoms with van der Waals surface area (Å²) in [6.45, 7) is 0. The van der Waals surface area contributed by atoms with Crippen molar-refractivity contribution in [1.82, 2.24) is 0 Å². The Morgan fingerprint density at radius 3 is 2.38 bits per heavy atom. The van der Waals surface area contributed by atoms with Crippen LogP contribution in [0.2, 0.25) is 0 Å². The van der Waals surface area contributed by atoms with Gasteiger partial charge in [-0.1, -0.05) is 6.07 Å². The second kappa shape index (κ2) is 4.20. The molecule has 0 bridgehead atoms. The Bertz CT molecular complexity index is 419. The van der Waals surface area contributed by atoms with Gasteiger partial charge in [0.25, 0.3) is 0 Å². The van der Waals surface area contributed by atoms with Gasteiger partial charge in [-0.2, -0.15) is 4.39 Å².